The number of Topliss-reactive ketones (excluding diaryl/α,β-unsaturated/α-hetero) is 1. The van der Waals surface area contributed by atoms with Crippen LogP contribution < -0.4 is 5.73 Å². The SMILES string of the molecule is CC1=CC(O)C(OC(=O)C=Cc2ccc(N)cc2)C(C)(C)CC1=O. The van der Waals surface area contributed by atoms with Crippen molar-refractivity contribution in [1.82, 2.24) is 0 Å². The molecule has 0 aromatic heterocycles. The first kappa shape index (κ1) is 17.9. The number of ether oxygens (including phenoxy) is 1. The Bertz CT molecular complexity index is 686. The van der Waals surface area contributed by atoms with Crippen LogP contribution in [0.15, 0.2) is 42.0 Å². The van der Waals surface area contributed by atoms with Crippen molar-refractivity contribution in [3.8, 4) is 0 Å². The van der Waals surface area contributed by atoms with Gasteiger partial charge >= 0.3 is 5.97 Å². The lowest BCUT2D eigenvalue weighted by atomic mass is 9.80. The van der Waals surface area contributed by atoms with E-state index >= 15 is 0 Å². The summed E-state index contributed by atoms with van der Waals surface area (Å²) in [4.78, 5) is 24.1. The monoisotopic (exact) mass is 329 g/mol. The fourth-order valence-corrected chi connectivity index (χ4v) is 2.72. The summed E-state index contributed by atoms with van der Waals surface area (Å²) in [5.74, 6) is -0.612. The number of ketones is 1. The van der Waals surface area contributed by atoms with Crippen LogP contribution in [0.5, 0.6) is 0 Å². The number of nitrogen functional groups attached to an aromatic ring is 1. The van der Waals surface area contributed by atoms with Crippen LogP contribution in [0, 0.1) is 5.41 Å². The fourth-order valence-electron chi connectivity index (χ4n) is 2.72. The summed E-state index contributed by atoms with van der Waals surface area (Å²) in [6.45, 7) is 5.28. The molecule has 1 aliphatic carbocycles. The minimum atomic E-state index is -1.01. The van der Waals surface area contributed by atoms with E-state index in [1.165, 1.54) is 12.2 Å². The van der Waals surface area contributed by atoms with Gasteiger partial charge < -0.3 is 15.6 Å². The highest BCUT2D eigenvalue weighted by Gasteiger charge is 2.41. The van der Waals surface area contributed by atoms with E-state index in [9.17, 15) is 14.7 Å². The molecule has 0 fully saturated rings. The summed E-state index contributed by atoms with van der Waals surface area (Å²) >= 11 is 0. The van der Waals surface area contributed by atoms with Crippen molar-refractivity contribution in [3.63, 3.8) is 0 Å². The molecule has 5 heteroatoms. The number of aliphatic hydroxyl groups excluding tert-OH is 1. The predicted octanol–water partition coefficient (Wildman–Crippen LogP) is 2.50. The van der Waals surface area contributed by atoms with Crippen molar-refractivity contribution in [2.75, 3.05) is 5.73 Å². The number of hydrogen-bond acceptors (Lipinski definition) is 5. The van der Waals surface area contributed by atoms with E-state index in [4.69, 9.17) is 10.5 Å². The van der Waals surface area contributed by atoms with Crippen molar-refractivity contribution >= 4 is 23.5 Å². The predicted molar refractivity (Wildman–Crippen MR) is 92.9 cm³/mol. The number of carbonyl (C=O) groups excluding carboxylic acids is 2. The number of esters is 1. The molecule has 0 amide bonds. The number of carbonyl (C=O) groups is 2. The quantitative estimate of drug-likeness (QED) is 0.505. The number of anilines is 1. The summed E-state index contributed by atoms with van der Waals surface area (Å²) in [6.07, 6.45) is 2.79. The van der Waals surface area contributed by atoms with Gasteiger partial charge in [0.2, 0.25) is 0 Å². The molecule has 0 aliphatic heterocycles. The van der Waals surface area contributed by atoms with Gasteiger partial charge in [0.25, 0.3) is 0 Å². The maximum absolute atomic E-state index is 12.1. The Morgan fingerprint density at radius 2 is 1.96 bits per heavy atom. The van der Waals surface area contributed by atoms with Crippen molar-refractivity contribution in [3.05, 3.63) is 47.6 Å². The highest BCUT2D eigenvalue weighted by atomic mass is 16.6. The molecule has 0 heterocycles. The number of hydrogen-bond donors (Lipinski definition) is 2. The van der Waals surface area contributed by atoms with Crippen molar-refractivity contribution < 1.29 is 19.4 Å². The molecule has 1 aliphatic rings. The van der Waals surface area contributed by atoms with E-state index in [1.54, 1.807) is 37.3 Å². The summed E-state index contributed by atoms with van der Waals surface area (Å²) < 4.78 is 5.44. The first-order chi connectivity index (χ1) is 11.2. The van der Waals surface area contributed by atoms with E-state index in [0.717, 1.165) is 5.56 Å². The lowest BCUT2D eigenvalue weighted by molar-refractivity contribution is -0.157. The normalized spacial score (nSPS) is 23.7. The van der Waals surface area contributed by atoms with Gasteiger partial charge in [-0.05, 0) is 42.3 Å². The largest absolute Gasteiger partial charge is 0.456 e. The zero-order chi connectivity index (χ0) is 17.9. The third kappa shape index (κ3) is 4.32. The average molecular weight is 329 g/mol. The van der Waals surface area contributed by atoms with Crippen LogP contribution in [0.2, 0.25) is 0 Å². The first-order valence-electron chi connectivity index (χ1n) is 7.83. The van der Waals surface area contributed by atoms with Crippen molar-refractivity contribution in [2.24, 2.45) is 5.41 Å². The molecule has 0 spiro atoms. The van der Waals surface area contributed by atoms with Gasteiger partial charge in [0.1, 0.15) is 12.2 Å². The van der Waals surface area contributed by atoms with E-state index in [2.05, 4.69) is 0 Å². The molecule has 2 rings (SSSR count). The third-order valence-electron chi connectivity index (χ3n) is 4.15. The summed E-state index contributed by atoms with van der Waals surface area (Å²) in [7, 11) is 0. The fraction of sp³-hybridized carbons (Fsp3) is 0.368. The molecule has 2 atom stereocenters. The third-order valence-corrected chi connectivity index (χ3v) is 4.15. The van der Waals surface area contributed by atoms with Crippen LogP contribution in [-0.4, -0.2) is 29.1 Å². The second kappa shape index (κ2) is 7.01. The van der Waals surface area contributed by atoms with E-state index in [0.29, 0.717) is 11.3 Å². The maximum Gasteiger partial charge on any atom is 0.331 e. The van der Waals surface area contributed by atoms with E-state index in [1.807, 2.05) is 13.8 Å². The van der Waals surface area contributed by atoms with Gasteiger partial charge in [-0.25, -0.2) is 4.79 Å². The van der Waals surface area contributed by atoms with Crippen LogP contribution in [0.3, 0.4) is 0 Å². The second-order valence-electron chi connectivity index (χ2n) is 6.79. The number of nitrogens with two attached hydrogens (primary N) is 1. The van der Waals surface area contributed by atoms with Crippen LogP contribution in [-0.2, 0) is 14.3 Å². The van der Waals surface area contributed by atoms with Gasteiger partial charge in [0.15, 0.2) is 5.78 Å². The number of benzene rings is 1. The van der Waals surface area contributed by atoms with Gasteiger partial charge in [-0.15, -0.1) is 0 Å². The smallest absolute Gasteiger partial charge is 0.331 e. The molecule has 1 aromatic rings. The zero-order valence-corrected chi connectivity index (χ0v) is 14.2. The van der Waals surface area contributed by atoms with Gasteiger partial charge in [0.05, 0.1) is 0 Å². The van der Waals surface area contributed by atoms with E-state index in [-0.39, 0.29) is 12.2 Å². The lowest BCUT2D eigenvalue weighted by Gasteiger charge is -2.33. The molecule has 3 N–H and O–H groups in total. The van der Waals surface area contributed by atoms with Gasteiger partial charge in [-0.3, -0.25) is 4.79 Å². The minimum Gasteiger partial charge on any atom is -0.456 e. The molecule has 5 nitrogen and oxygen atoms in total. The van der Waals surface area contributed by atoms with Crippen LogP contribution in [0.4, 0.5) is 5.69 Å². The van der Waals surface area contributed by atoms with Gasteiger partial charge in [-0.2, -0.15) is 0 Å². The minimum absolute atomic E-state index is 0.0463. The molecule has 2 unspecified atom stereocenters. The van der Waals surface area contributed by atoms with Crippen molar-refractivity contribution in [1.29, 1.82) is 0 Å². The maximum atomic E-state index is 12.1. The number of rotatable bonds is 3. The molecular weight excluding hydrogens is 306 g/mol. The average Bonchev–Trinajstić information content (AvgIpc) is 2.57. The zero-order valence-electron chi connectivity index (χ0n) is 14.2. The standard InChI is InChI=1S/C19H23NO4/c1-12-10-15(21)18(19(2,3)11-16(12)22)24-17(23)9-6-13-4-7-14(20)8-5-13/h4-10,15,18,21H,11,20H2,1-3H3. The molecule has 24 heavy (non-hydrogen) atoms. The van der Waals surface area contributed by atoms with Gasteiger partial charge in [-0.1, -0.05) is 26.0 Å². The molecule has 1 aromatic carbocycles. The Morgan fingerprint density at radius 3 is 2.58 bits per heavy atom. The topological polar surface area (TPSA) is 89.6 Å². The Morgan fingerprint density at radius 1 is 1.33 bits per heavy atom. The highest BCUT2D eigenvalue weighted by molar-refractivity contribution is 5.95. The molecule has 0 saturated carbocycles. The molecule has 0 radical (unpaired) electrons. The Kier molecular flexibility index (Phi) is 5.24. The Labute approximate surface area is 141 Å². The molecule has 0 bridgehead atoms. The molecule has 128 valence electrons. The molecular formula is C19H23NO4. The number of allylic oxidation sites excluding steroid dienone is 1. The lowest BCUT2D eigenvalue weighted by Crippen LogP contribution is -2.41. The van der Waals surface area contributed by atoms with Crippen LogP contribution in [0.25, 0.3) is 6.08 Å². The Hall–Kier alpha value is -2.40. The van der Waals surface area contributed by atoms with E-state index < -0.39 is 23.6 Å². The van der Waals surface area contributed by atoms with Crippen LogP contribution >= 0.6 is 0 Å². The first-order valence-corrected chi connectivity index (χ1v) is 7.83. The summed E-state index contributed by atoms with van der Waals surface area (Å²) in [6, 6.07) is 7.05. The van der Waals surface area contributed by atoms with Gasteiger partial charge in [0, 0.05) is 23.6 Å². The summed E-state index contributed by atoms with van der Waals surface area (Å²) in [5, 5.41) is 10.3. The number of aliphatic hydroxyl groups is 1. The highest BCUT2D eigenvalue weighted by Crippen LogP contribution is 2.34. The summed E-state index contributed by atoms with van der Waals surface area (Å²) in [5.41, 5.74) is 6.90. The van der Waals surface area contributed by atoms with Crippen molar-refractivity contribution in [2.45, 2.75) is 39.4 Å². The second-order valence-corrected chi connectivity index (χ2v) is 6.79. The Balaban J connectivity index is 2.11. The molecule has 0 saturated heterocycles. The van der Waals surface area contributed by atoms with Crippen LogP contribution in [0.1, 0.15) is 32.8 Å².